The van der Waals surface area contributed by atoms with E-state index in [-0.39, 0.29) is 5.91 Å². The van der Waals surface area contributed by atoms with Crippen LogP contribution in [0.2, 0.25) is 0 Å². The average Bonchev–Trinajstić information content (AvgIpc) is 3.18. The summed E-state index contributed by atoms with van der Waals surface area (Å²) in [5, 5.41) is 8.91. The summed E-state index contributed by atoms with van der Waals surface area (Å²) < 4.78 is 0. The van der Waals surface area contributed by atoms with E-state index in [1.165, 1.54) is 4.90 Å². The molecule has 5 rings (SSSR count). The van der Waals surface area contributed by atoms with Crippen LogP contribution in [0.5, 0.6) is 0 Å². The van der Waals surface area contributed by atoms with Gasteiger partial charge in [-0.15, -0.1) is 11.8 Å². The van der Waals surface area contributed by atoms with Gasteiger partial charge in [0.1, 0.15) is 11.5 Å². The van der Waals surface area contributed by atoms with E-state index in [9.17, 15) is 4.79 Å². The number of anilines is 3. The third-order valence-corrected chi connectivity index (χ3v) is 7.91. The number of thioether (sulfide) groups is 1. The Kier molecular flexibility index (Phi) is 6.90. The van der Waals surface area contributed by atoms with Gasteiger partial charge in [0.2, 0.25) is 5.91 Å². The maximum absolute atomic E-state index is 12.7. The number of pyridine rings is 2. The van der Waals surface area contributed by atoms with Gasteiger partial charge in [0.25, 0.3) is 0 Å². The third-order valence-electron chi connectivity index (χ3n) is 6.90. The number of carbonyl (C=O) groups excluding carboxylic acids is 1. The summed E-state index contributed by atoms with van der Waals surface area (Å²) in [6, 6.07) is 18.3. The molecule has 0 aliphatic carbocycles. The zero-order valence-electron chi connectivity index (χ0n) is 21.6. The topological polar surface area (TPSA) is 66.9 Å². The quantitative estimate of drug-likeness (QED) is 0.212. The van der Waals surface area contributed by atoms with Crippen molar-refractivity contribution in [1.82, 2.24) is 9.97 Å². The monoisotopic (exact) mass is 506 g/mol. The Bertz CT molecular complexity index is 1530. The molecular weight excluding hydrogens is 476 g/mol. The van der Waals surface area contributed by atoms with Gasteiger partial charge in [-0.3, -0.25) is 4.79 Å². The van der Waals surface area contributed by atoms with E-state index in [4.69, 9.17) is 0 Å². The van der Waals surface area contributed by atoms with E-state index in [0.29, 0.717) is 10.9 Å². The standard InChI is InChI=1S/C31H30N4OS/c1-5-31(6-2)26-13-7-21(17-28(26)35-30(31)36)8-14-27-25-18-29(33-19-22(25)15-16-32-27)34-23-9-11-24(12-10-23)37-20(3)4/h7,9-13,15-20H,5-6H2,1-4H3,(H,33,34)(H,35,36). The molecule has 0 bridgehead atoms. The average molecular weight is 507 g/mol. The van der Waals surface area contributed by atoms with Crippen LogP contribution >= 0.6 is 11.8 Å². The fourth-order valence-electron chi connectivity index (χ4n) is 4.86. The van der Waals surface area contributed by atoms with Gasteiger partial charge in [-0.2, -0.15) is 0 Å². The van der Waals surface area contributed by atoms with Crippen molar-refractivity contribution in [1.29, 1.82) is 0 Å². The highest BCUT2D eigenvalue weighted by atomic mass is 32.2. The molecule has 0 saturated carbocycles. The molecule has 0 spiro atoms. The number of carbonyl (C=O) groups is 1. The zero-order valence-corrected chi connectivity index (χ0v) is 22.4. The van der Waals surface area contributed by atoms with Crippen LogP contribution in [0.15, 0.2) is 71.9 Å². The Labute approximate surface area is 222 Å². The lowest BCUT2D eigenvalue weighted by Gasteiger charge is -2.23. The molecule has 0 radical (unpaired) electrons. The second-order valence-electron chi connectivity index (χ2n) is 9.52. The lowest BCUT2D eigenvalue weighted by Crippen LogP contribution is -2.32. The highest BCUT2D eigenvalue weighted by Crippen LogP contribution is 2.42. The fraction of sp³-hybridized carbons (Fsp3) is 0.258. The van der Waals surface area contributed by atoms with Crippen molar-refractivity contribution in [3.63, 3.8) is 0 Å². The number of hydrogen-bond acceptors (Lipinski definition) is 5. The zero-order chi connectivity index (χ0) is 26.0. The summed E-state index contributed by atoms with van der Waals surface area (Å²) in [6.07, 6.45) is 5.15. The number of aromatic nitrogens is 2. The molecule has 2 aromatic carbocycles. The van der Waals surface area contributed by atoms with Gasteiger partial charge >= 0.3 is 0 Å². The molecule has 0 unspecified atom stereocenters. The highest BCUT2D eigenvalue weighted by Gasteiger charge is 2.43. The van der Waals surface area contributed by atoms with Crippen LogP contribution in [0.25, 0.3) is 10.8 Å². The van der Waals surface area contributed by atoms with Crippen molar-refractivity contribution >= 4 is 45.6 Å². The first-order valence-corrected chi connectivity index (χ1v) is 13.6. The van der Waals surface area contributed by atoms with E-state index in [2.05, 4.69) is 84.4 Å². The molecule has 1 amide bonds. The van der Waals surface area contributed by atoms with E-state index < -0.39 is 5.41 Å². The van der Waals surface area contributed by atoms with Gasteiger partial charge < -0.3 is 10.6 Å². The molecule has 37 heavy (non-hydrogen) atoms. The molecule has 0 atom stereocenters. The van der Waals surface area contributed by atoms with E-state index in [1.807, 2.05) is 48.3 Å². The van der Waals surface area contributed by atoms with Crippen LogP contribution in [-0.4, -0.2) is 21.1 Å². The summed E-state index contributed by atoms with van der Waals surface area (Å²) in [6.45, 7) is 8.51. The number of nitrogens with zero attached hydrogens (tertiary/aromatic N) is 2. The summed E-state index contributed by atoms with van der Waals surface area (Å²) in [5.74, 6) is 7.30. The van der Waals surface area contributed by atoms with Gasteiger partial charge in [-0.05, 0) is 72.9 Å². The minimum absolute atomic E-state index is 0.0779. The van der Waals surface area contributed by atoms with Crippen molar-refractivity contribution in [3.8, 4) is 11.8 Å². The number of benzene rings is 2. The van der Waals surface area contributed by atoms with Gasteiger partial charge in [0.05, 0.1) is 5.41 Å². The number of amides is 1. The first-order valence-electron chi connectivity index (χ1n) is 12.7. The maximum Gasteiger partial charge on any atom is 0.235 e. The molecule has 186 valence electrons. The van der Waals surface area contributed by atoms with Crippen LogP contribution in [0.4, 0.5) is 17.2 Å². The molecule has 1 aliphatic heterocycles. The molecule has 5 nitrogen and oxygen atoms in total. The highest BCUT2D eigenvalue weighted by molar-refractivity contribution is 7.99. The van der Waals surface area contributed by atoms with Crippen LogP contribution in [-0.2, 0) is 10.2 Å². The van der Waals surface area contributed by atoms with Gasteiger partial charge in [-0.1, -0.05) is 39.7 Å². The summed E-state index contributed by atoms with van der Waals surface area (Å²) >= 11 is 1.84. The molecular formula is C31H30N4OS. The maximum atomic E-state index is 12.7. The second-order valence-corrected chi connectivity index (χ2v) is 11.2. The number of nitrogens with one attached hydrogen (secondary N) is 2. The van der Waals surface area contributed by atoms with E-state index in [0.717, 1.165) is 51.9 Å². The Morgan fingerprint density at radius 2 is 1.78 bits per heavy atom. The molecule has 1 aliphatic rings. The van der Waals surface area contributed by atoms with Crippen LogP contribution < -0.4 is 10.6 Å². The first kappa shape index (κ1) is 24.9. The molecule has 2 N–H and O–H groups in total. The van der Waals surface area contributed by atoms with Crippen molar-refractivity contribution in [3.05, 3.63) is 83.8 Å². The molecule has 0 fully saturated rings. The van der Waals surface area contributed by atoms with Crippen molar-refractivity contribution < 1.29 is 4.79 Å². The number of hydrogen-bond donors (Lipinski definition) is 2. The van der Waals surface area contributed by atoms with Crippen LogP contribution in [0, 0.1) is 11.8 Å². The van der Waals surface area contributed by atoms with Crippen molar-refractivity contribution in [2.45, 2.75) is 56.1 Å². The van der Waals surface area contributed by atoms with Gasteiger partial charge in [-0.25, -0.2) is 9.97 Å². The molecule has 2 aromatic heterocycles. The first-order chi connectivity index (χ1) is 17.9. The molecule has 6 heteroatoms. The molecule has 4 aromatic rings. The molecule has 0 saturated heterocycles. The van der Waals surface area contributed by atoms with Crippen molar-refractivity contribution in [2.24, 2.45) is 0 Å². The predicted molar refractivity (Wildman–Crippen MR) is 154 cm³/mol. The minimum atomic E-state index is -0.442. The van der Waals surface area contributed by atoms with Crippen LogP contribution in [0.3, 0.4) is 0 Å². The lowest BCUT2D eigenvalue weighted by atomic mass is 9.77. The lowest BCUT2D eigenvalue weighted by molar-refractivity contribution is -0.121. The molecule has 3 heterocycles. The number of fused-ring (bicyclic) bond motifs is 2. The van der Waals surface area contributed by atoms with Crippen LogP contribution in [0.1, 0.15) is 57.4 Å². The summed E-state index contributed by atoms with van der Waals surface area (Å²) in [4.78, 5) is 23.1. The van der Waals surface area contributed by atoms with E-state index in [1.54, 1.807) is 6.20 Å². The summed E-state index contributed by atoms with van der Waals surface area (Å²) in [7, 11) is 0. The Balaban J connectivity index is 1.42. The number of rotatable bonds is 6. The normalized spacial score (nSPS) is 13.7. The summed E-state index contributed by atoms with van der Waals surface area (Å²) in [5.41, 5.74) is 3.99. The van der Waals surface area contributed by atoms with Crippen molar-refractivity contribution in [2.75, 3.05) is 10.6 Å². The fourth-order valence-corrected chi connectivity index (χ4v) is 5.70. The Morgan fingerprint density at radius 3 is 2.51 bits per heavy atom. The Hall–Kier alpha value is -3.82. The SMILES string of the molecule is CCC1(CC)C(=O)Nc2cc(C#Cc3nccc4cnc(Nc5ccc(SC(C)C)cc5)cc34)ccc21. The predicted octanol–water partition coefficient (Wildman–Crippen LogP) is 7.28. The minimum Gasteiger partial charge on any atom is -0.340 e. The second kappa shape index (κ2) is 10.3. The Morgan fingerprint density at radius 1 is 1.00 bits per heavy atom. The van der Waals surface area contributed by atoms with E-state index >= 15 is 0 Å². The largest absolute Gasteiger partial charge is 0.340 e. The third kappa shape index (κ3) is 4.92. The smallest absolute Gasteiger partial charge is 0.235 e. The van der Waals surface area contributed by atoms with Gasteiger partial charge in [0.15, 0.2) is 0 Å². The van der Waals surface area contributed by atoms with Gasteiger partial charge in [0, 0.05) is 50.2 Å².